The van der Waals surface area contributed by atoms with Crippen LogP contribution in [0.4, 0.5) is 0 Å². The molecule has 0 fully saturated rings. The lowest BCUT2D eigenvalue weighted by Crippen LogP contribution is -2.05. The second-order valence-corrected chi connectivity index (χ2v) is 14.2. The smallest absolute Gasteiger partial charge is 0.235 e. The molecule has 12 rings (SSSR count). The third-order valence-electron chi connectivity index (χ3n) is 11.1. The van der Waals surface area contributed by atoms with E-state index in [-0.39, 0.29) is 0 Å². The van der Waals surface area contributed by atoms with E-state index in [9.17, 15) is 0 Å². The first kappa shape index (κ1) is 30.0. The Morgan fingerprint density at radius 1 is 0.382 bits per heavy atom. The first-order valence-electron chi connectivity index (χ1n) is 18.6. The fourth-order valence-electron chi connectivity index (χ4n) is 8.71. The number of benzene rings is 8. The first-order valence-corrected chi connectivity index (χ1v) is 18.6. The molecule has 0 spiro atoms. The number of fused-ring (bicyclic) bond motifs is 12. The quantitative estimate of drug-likeness (QED) is 0.183. The van der Waals surface area contributed by atoms with Gasteiger partial charge < -0.3 is 8.98 Å². The summed E-state index contributed by atoms with van der Waals surface area (Å²) in [7, 11) is 0. The summed E-state index contributed by atoms with van der Waals surface area (Å²) >= 11 is 0. The Balaban J connectivity index is 1.29. The number of hydrogen-bond acceptors (Lipinski definition) is 3. The van der Waals surface area contributed by atoms with Crippen molar-refractivity contribution in [3.05, 3.63) is 182 Å². The van der Waals surface area contributed by atoms with Gasteiger partial charge in [-0.2, -0.15) is 0 Å². The van der Waals surface area contributed by atoms with E-state index < -0.39 is 0 Å². The van der Waals surface area contributed by atoms with Gasteiger partial charge in [0, 0.05) is 49.0 Å². The van der Waals surface area contributed by atoms with E-state index in [0.29, 0.717) is 5.95 Å². The van der Waals surface area contributed by atoms with E-state index in [0.717, 1.165) is 105 Å². The van der Waals surface area contributed by atoms with Gasteiger partial charge in [0.1, 0.15) is 5.58 Å². The highest BCUT2D eigenvalue weighted by Crippen LogP contribution is 2.45. The molecular formula is C50H30N4O. The Bertz CT molecular complexity index is 3480. The molecule has 0 aliphatic rings. The van der Waals surface area contributed by atoms with Crippen molar-refractivity contribution in [2.45, 2.75) is 0 Å². The monoisotopic (exact) mass is 702 g/mol. The first-order chi connectivity index (χ1) is 27.3. The Morgan fingerprint density at radius 2 is 0.982 bits per heavy atom. The average molecular weight is 703 g/mol. The molecule has 0 bridgehead atoms. The summed E-state index contributed by atoms with van der Waals surface area (Å²) in [6.07, 6.45) is 0. The van der Waals surface area contributed by atoms with Gasteiger partial charge in [-0.25, -0.2) is 9.97 Å². The van der Waals surface area contributed by atoms with Crippen molar-refractivity contribution in [2.75, 3.05) is 0 Å². The average Bonchev–Trinajstić information content (AvgIpc) is 3.92. The third-order valence-corrected chi connectivity index (χ3v) is 11.1. The van der Waals surface area contributed by atoms with E-state index in [1.807, 2.05) is 18.2 Å². The van der Waals surface area contributed by atoms with Crippen LogP contribution in [0.1, 0.15) is 0 Å². The normalized spacial score (nSPS) is 12.0. The molecule has 5 nitrogen and oxygen atoms in total. The highest BCUT2D eigenvalue weighted by atomic mass is 16.3. The molecule has 0 saturated heterocycles. The van der Waals surface area contributed by atoms with E-state index in [1.54, 1.807) is 0 Å². The van der Waals surface area contributed by atoms with Crippen molar-refractivity contribution < 1.29 is 4.42 Å². The number of nitrogens with zero attached hydrogens (tertiary/aromatic N) is 4. The number of rotatable bonds is 4. The second-order valence-electron chi connectivity index (χ2n) is 14.2. The summed E-state index contributed by atoms with van der Waals surface area (Å²) in [5.41, 5.74) is 12.1. The largest absolute Gasteiger partial charge is 0.454 e. The van der Waals surface area contributed by atoms with Gasteiger partial charge in [0.15, 0.2) is 5.58 Å². The van der Waals surface area contributed by atoms with Crippen LogP contribution in [0.5, 0.6) is 0 Å². The molecule has 0 atom stereocenters. The number of furan rings is 1. The molecule has 4 aromatic heterocycles. The van der Waals surface area contributed by atoms with Crippen LogP contribution in [0.15, 0.2) is 186 Å². The summed E-state index contributed by atoms with van der Waals surface area (Å²) in [4.78, 5) is 10.8. The van der Waals surface area contributed by atoms with Crippen LogP contribution in [0.3, 0.4) is 0 Å². The summed E-state index contributed by atoms with van der Waals surface area (Å²) in [6, 6.07) is 64.1. The van der Waals surface area contributed by atoms with Gasteiger partial charge in [-0.15, -0.1) is 0 Å². The molecule has 55 heavy (non-hydrogen) atoms. The molecule has 8 aromatic carbocycles. The van der Waals surface area contributed by atoms with Gasteiger partial charge in [-0.05, 0) is 47.5 Å². The lowest BCUT2D eigenvalue weighted by molar-refractivity contribution is 0.671. The minimum Gasteiger partial charge on any atom is -0.454 e. The Hall–Kier alpha value is -7.50. The van der Waals surface area contributed by atoms with Gasteiger partial charge in [0.2, 0.25) is 5.95 Å². The molecule has 5 heteroatoms. The van der Waals surface area contributed by atoms with Crippen LogP contribution in [0.2, 0.25) is 0 Å². The molecule has 0 aliphatic heterocycles. The van der Waals surface area contributed by atoms with Gasteiger partial charge in [-0.3, -0.25) is 4.57 Å². The van der Waals surface area contributed by atoms with Crippen molar-refractivity contribution in [1.29, 1.82) is 0 Å². The molecule has 0 aliphatic carbocycles. The summed E-state index contributed by atoms with van der Waals surface area (Å²) < 4.78 is 11.5. The van der Waals surface area contributed by atoms with Crippen LogP contribution >= 0.6 is 0 Å². The minimum absolute atomic E-state index is 0.625. The zero-order chi connectivity index (χ0) is 36.0. The van der Waals surface area contributed by atoms with Crippen molar-refractivity contribution >= 4 is 76.5 Å². The topological polar surface area (TPSA) is 48.8 Å². The van der Waals surface area contributed by atoms with Crippen LogP contribution in [-0.4, -0.2) is 19.1 Å². The van der Waals surface area contributed by atoms with Crippen LogP contribution in [0.25, 0.3) is 110 Å². The molecule has 0 N–H and O–H groups in total. The molecule has 12 aromatic rings. The van der Waals surface area contributed by atoms with E-state index in [2.05, 4.69) is 173 Å². The Labute approximate surface area is 315 Å². The predicted octanol–water partition coefficient (Wildman–Crippen LogP) is 13.1. The van der Waals surface area contributed by atoms with Crippen LogP contribution < -0.4 is 0 Å². The van der Waals surface area contributed by atoms with Crippen molar-refractivity contribution in [3.8, 4) is 34.0 Å². The summed E-state index contributed by atoms with van der Waals surface area (Å²) in [6.45, 7) is 0. The number of hydrogen-bond donors (Lipinski definition) is 0. The lowest BCUT2D eigenvalue weighted by atomic mass is 10.1. The zero-order valence-corrected chi connectivity index (χ0v) is 29.5. The molecule has 0 amide bonds. The van der Waals surface area contributed by atoms with Gasteiger partial charge in [-0.1, -0.05) is 146 Å². The van der Waals surface area contributed by atoms with Crippen LogP contribution in [-0.2, 0) is 0 Å². The van der Waals surface area contributed by atoms with Gasteiger partial charge in [0.05, 0.1) is 33.3 Å². The third kappa shape index (κ3) is 4.35. The zero-order valence-electron chi connectivity index (χ0n) is 29.5. The standard InChI is InChI=1S/C50H30N4O/c1-3-14-31(15-4-1)33-18-13-19-34(30-33)53-46-38(39-28-29-40-36-21-9-12-25-44(36)55-49(40)48(39)53)27-26-37-35-20-8-11-24-43(35)54(47(37)46)50-51-42-23-10-7-22-41(42)45(52-50)32-16-5-2-6-17-32/h1-30H. The highest BCUT2D eigenvalue weighted by Gasteiger charge is 2.25. The molecule has 0 saturated carbocycles. The van der Waals surface area contributed by atoms with Crippen LogP contribution in [0, 0.1) is 0 Å². The van der Waals surface area contributed by atoms with E-state index >= 15 is 0 Å². The van der Waals surface area contributed by atoms with Gasteiger partial charge >= 0.3 is 0 Å². The fraction of sp³-hybridized carbons (Fsp3) is 0. The van der Waals surface area contributed by atoms with Crippen molar-refractivity contribution in [2.24, 2.45) is 0 Å². The molecule has 256 valence electrons. The number of para-hydroxylation sites is 3. The SMILES string of the molecule is c1ccc(-c2cccc(-n3c4c(ccc5c6ccccc6oc54)c4ccc5c6ccccc6n(-c6nc(-c7ccccc7)c7ccccc7n6)c5c43)c2)cc1. The van der Waals surface area contributed by atoms with Gasteiger partial charge in [0.25, 0.3) is 0 Å². The second kappa shape index (κ2) is 11.5. The van der Waals surface area contributed by atoms with E-state index in [4.69, 9.17) is 14.4 Å². The molecular weight excluding hydrogens is 673 g/mol. The maximum absolute atomic E-state index is 6.82. The lowest BCUT2D eigenvalue weighted by Gasteiger charge is -2.14. The van der Waals surface area contributed by atoms with Crippen molar-refractivity contribution in [3.63, 3.8) is 0 Å². The Kier molecular flexibility index (Phi) is 6.27. The number of aromatic nitrogens is 4. The predicted molar refractivity (Wildman–Crippen MR) is 226 cm³/mol. The molecule has 0 radical (unpaired) electrons. The highest BCUT2D eigenvalue weighted by molar-refractivity contribution is 6.27. The molecule has 4 heterocycles. The summed E-state index contributed by atoms with van der Waals surface area (Å²) in [5.74, 6) is 0.625. The van der Waals surface area contributed by atoms with E-state index in [1.165, 1.54) is 0 Å². The fourth-order valence-corrected chi connectivity index (χ4v) is 8.71. The maximum Gasteiger partial charge on any atom is 0.235 e. The maximum atomic E-state index is 6.82. The van der Waals surface area contributed by atoms with Crippen molar-refractivity contribution in [1.82, 2.24) is 19.1 Å². The molecule has 0 unspecified atom stereocenters. The Morgan fingerprint density at radius 3 is 1.80 bits per heavy atom. The minimum atomic E-state index is 0.625. The summed E-state index contributed by atoms with van der Waals surface area (Å²) in [5, 5.41) is 7.73.